The third-order valence-corrected chi connectivity index (χ3v) is 8.09. The number of amides is 2. The summed E-state index contributed by atoms with van der Waals surface area (Å²) in [6.45, 7) is 2.57. The second-order valence-electron chi connectivity index (χ2n) is 8.18. The minimum absolute atomic E-state index is 0.0270. The molecule has 3 heterocycles. The number of nitrogens with one attached hydrogen (secondary N) is 1. The van der Waals surface area contributed by atoms with E-state index in [1.165, 1.54) is 31.1 Å². The highest BCUT2D eigenvalue weighted by Crippen LogP contribution is 2.41. The van der Waals surface area contributed by atoms with Gasteiger partial charge in [0.2, 0.25) is 14.8 Å². The highest BCUT2D eigenvalue weighted by Gasteiger charge is 2.50. The minimum atomic E-state index is -4.77. The van der Waals surface area contributed by atoms with Crippen LogP contribution >= 0.6 is 0 Å². The number of piperidine rings is 1. The van der Waals surface area contributed by atoms with E-state index in [1.807, 2.05) is 0 Å². The van der Waals surface area contributed by atoms with Gasteiger partial charge >= 0.3 is 6.03 Å². The molecule has 1 aliphatic rings. The van der Waals surface area contributed by atoms with Crippen molar-refractivity contribution < 1.29 is 31.5 Å². The predicted octanol–water partition coefficient (Wildman–Crippen LogP) is 3.21. The maximum atomic E-state index is 15.7. The number of hydrogen-bond donors (Lipinski definition) is 2. The average molecular weight is 490 g/mol. The zero-order valence-corrected chi connectivity index (χ0v) is 19.2. The first kappa shape index (κ1) is 25.0. The van der Waals surface area contributed by atoms with Crippen molar-refractivity contribution in [2.24, 2.45) is 13.0 Å². The van der Waals surface area contributed by atoms with Gasteiger partial charge in [-0.25, -0.2) is 26.4 Å². The predicted molar refractivity (Wildman–Crippen MR) is 113 cm³/mol. The van der Waals surface area contributed by atoms with Crippen molar-refractivity contribution >= 4 is 21.6 Å². The molecule has 2 amide bonds. The fourth-order valence-corrected chi connectivity index (χ4v) is 5.63. The summed E-state index contributed by atoms with van der Waals surface area (Å²) < 4.78 is 69.0. The standard InChI is InChI=1S/C20H26F3N5O4S/c1-12(29)15-10-14(4-7-24-15)25-19(30)28-8-5-13(6-9-28)20(2,23)33(31,32)16-11-27(3)26-17(16)18(21)22/h4,7,10-13,18,29H,5-6,8-9H2,1-3H3,(H,24,25,30)/t12-,20?/m1/s1. The highest BCUT2D eigenvalue weighted by molar-refractivity contribution is 7.92. The van der Waals surface area contributed by atoms with Gasteiger partial charge in [-0.05, 0) is 38.8 Å². The molecule has 0 aliphatic carbocycles. The van der Waals surface area contributed by atoms with Gasteiger partial charge in [-0.1, -0.05) is 0 Å². The molecule has 2 aromatic heterocycles. The van der Waals surface area contributed by atoms with Crippen LogP contribution in [0.25, 0.3) is 0 Å². The minimum Gasteiger partial charge on any atom is -0.387 e. The summed E-state index contributed by atoms with van der Waals surface area (Å²) >= 11 is 0. The number of hydrogen-bond acceptors (Lipinski definition) is 6. The SMILES string of the molecule is C[C@@H](O)c1cc(NC(=O)N2CCC(C(C)(F)S(=O)(=O)c3cn(C)nc3C(F)F)CC2)ccn1. The van der Waals surface area contributed by atoms with Gasteiger partial charge in [0.25, 0.3) is 6.43 Å². The molecule has 3 rings (SSSR count). The lowest BCUT2D eigenvalue weighted by Crippen LogP contribution is -2.48. The number of carbonyl (C=O) groups is 1. The Balaban J connectivity index is 1.69. The Morgan fingerprint density at radius 3 is 2.55 bits per heavy atom. The van der Waals surface area contributed by atoms with Crippen LogP contribution in [0.3, 0.4) is 0 Å². The van der Waals surface area contributed by atoms with Crippen molar-refractivity contribution in [3.63, 3.8) is 0 Å². The Kier molecular flexibility index (Phi) is 7.03. The van der Waals surface area contributed by atoms with E-state index in [2.05, 4.69) is 15.4 Å². The van der Waals surface area contributed by atoms with Crippen LogP contribution in [-0.4, -0.2) is 57.3 Å². The fraction of sp³-hybridized carbons (Fsp3) is 0.550. The molecule has 13 heteroatoms. The number of aliphatic hydroxyl groups is 1. The molecule has 0 saturated carbocycles. The van der Waals surface area contributed by atoms with Gasteiger partial charge in [0.1, 0.15) is 10.6 Å². The van der Waals surface area contributed by atoms with E-state index in [4.69, 9.17) is 0 Å². The van der Waals surface area contributed by atoms with Crippen molar-refractivity contribution in [3.8, 4) is 0 Å². The number of likely N-dealkylation sites (tertiary alicyclic amines) is 1. The van der Waals surface area contributed by atoms with Crippen LogP contribution in [0, 0.1) is 5.92 Å². The zero-order chi connectivity index (χ0) is 24.6. The summed E-state index contributed by atoms with van der Waals surface area (Å²) in [7, 11) is -3.49. The van der Waals surface area contributed by atoms with E-state index in [9.17, 15) is 27.1 Å². The molecule has 1 fully saturated rings. The van der Waals surface area contributed by atoms with Crippen LogP contribution < -0.4 is 5.32 Å². The number of aromatic nitrogens is 3. The van der Waals surface area contributed by atoms with E-state index in [-0.39, 0.29) is 25.9 Å². The van der Waals surface area contributed by atoms with Gasteiger partial charge in [-0.2, -0.15) is 5.10 Å². The summed E-state index contributed by atoms with van der Waals surface area (Å²) in [6, 6.07) is 2.61. The van der Waals surface area contributed by atoms with Crippen molar-refractivity contribution in [1.29, 1.82) is 0 Å². The molecule has 2 N–H and O–H groups in total. The summed E-state index contributed by atoms with van der Waals surface area (Å²) in [5.41, 5.74) is -0.183. The second-order valence-corrected chi connectivity index (χ2v) is 10.4. The number of sulfone groups is 1. The number of alkyl halides is 3. The molecular formula is C20H26F3N5O4S. The fourth-order valence-electron chi connectivity index (χ4n) is 3.83. The Hall–Kier alpha value is -2.67. The van der Waals surface area contributed by atoms with E-state index >= 15 is 4.39 Å². The summed E-state index contributed by atoms with van der Waals surface area (Å²) in [5.74, 6) is -1.000. The first-order chi connectivity index (χ1) is 15.3. The Labute approximate surface area is 189 Å². The van der Waals surface area contributed by atoms with Gasteiger partial charge in [-0.3, -0.25) is 9.67 Å². The number of halogens is 3. The van der Waals surface area contributed by atoms with Crippen molar-refractivity contribution in [2.45, 2.75) is 49.1 Å². The van der Waals surface area contributed by atoms with Gasteiger partial charge in [0.05, 0.1) is 11.8 Å². The monoisotopic (exact) mass is 489 g/mol. The average Bonchev–Trinajstić information content (AvgIpc) is 3.16. The van der Waals surface area contributed by atoms with Gasteiger partial charge < -0.3 is 15.3 Å². The van der Waals surface area contributed by atoms with Crippen molar-refractivity contribution in [3.05, 3.63) is 35.9 Å². The molecule has 2 aromatic rings. The lowest BCUT2D eigenvalue weighted by Gasteiger charge is -2.37. The third kappa shape index (κ3) is 4.98. The summed E-state index contributed by atoms with van der Waals surface area (Å²) in [4.78, 5) is 17.2. The van der Waals surface area contributed by atoms with Crippen LogP contribution in [0.15, 0.2) is 29.4 Å². The highest BCUT2D eigenvalue weighted by atomic mass is 32.2. The molecule has 1 aliphatic heterocycles. The maximum absolute atomic E-state index is 15.7. The lowest BCUT2D eigenvalue weighted by molar-refractivity contribution is 0.116. The normalized spacial score (nSPS) is 18.2. The van der Waals surface area contributed by atoms with E-state index in [0.717, 1.165) is 17.8 Å². The topological polar surface area (TPSA) is 117 Å². The number of urea groups is 1. The van der Waals surface area contributed by atoms with E-state index in [1.54, 1.807) is 6.07 Å². The Morgan fingerprint density at radius 2 is 1.97 bits per heavy atom. The molecule has 0 spiro atoms. The molecule has 0 bridgehead atoms. The van der Waals surface area contributed by atoms with Gasteiger partial charge in [0, 0.05) is 44.1 Å². The van der Waals surface area contributed by atoms with E-state index < -0.39 is 49.9 Å². The Morgan fingerprint density at radius 1 is 1.33 bits per heavy atom. The maximum Gasteiger partial charge on any atom is 0.321 e. The largest absolute Gasteiger partial charge is 0.387 e. The summed E-state index contributed by atoms with van der Waals surface area (Å²) in [6.07, 6.45) is -1.60. The van der Waals surface area contributed by atoms with E-state index in [0.29, 0.717) is 11.4 Å². The van der Waals surface area contributed by atoms with Crippen LogP contribution in [0.4, 0.5) is 23.7 Å². The number of aliphatic hydroxyl groups excluding tert-OH is 1. The lowest BCUT2D eigenvalue weighted by atomic mass is 9.92. The Bertz CT molecular complexity index is 1110. The molecule has 1 unspecified atom stereocenters. The molecular weight excluding hydrogens is 463 g/mol. The van der Waals surface area contributed by atoms with Gasteiger partial charge in [-0.15, -0.1) is 0 Å². The van der Waals surface area contributed by atoms with Crippen molar-refractivity contribution in [2.75, 3.05) is 18.4 Å². The number of pyridine rings is 1. The quantitative estimate of drug-likeness (QED) is 0.644. The molecule has 1 saturated heterocycles. The van der Waals surface area contributed by atoms with Crippen LogP contribution in [0.5, 0.6) is 0 Å². The number of nitrogens with zero attached hydrogens (tertiary/aromatic N) is 4. The number of aryl methyl sites for hydroxylation is 1. The van der Waals surface area contributed by atoms with Crippen molar-refractivity contribution in [1.82, 2.24) is 19.7 Å². The van der Waals surface area contributed by atoms with Crippen LogP contribution in [0.2, 0.25) is 0 Å². The molecule has 182 valence electrons. The summed E-state index contributed by atoms with van der Waals surface area (Å²) in [5, 5.41) is 12.9. The number of carbonyl (C=O) groups excluding carboxylic acids is 1. The third-order valence-electron chi connectivity index (χ3n) is 5.82. The first-order valence-electron chi connectivity index (χ1n) is 10.3. The van der Waals surface area contributed by atoms with Crippen LogP contribution in [0.1, 0.15) is 50.6 Å². The number of rotatable bonds is 6. The molecule has 2 atom stereocenters. The molecule has 0 aromatic carbocycles. The molecule has 9 nitrogen and oxygen atoms in total. The van der Waals surface area contributed by atoms with Crippen LogP contribution in [-0.2, 0) is 16.9 Å². The first-order valence-corrected chi connectivity index (χ1v) is 11.8. The second kappa shape index (κ2) is 9.29. The molecule has 0 radical (unpaired) electrons. The zero-order valence-electron chi connectivity index (χ0n) is 18.4. The number of anilines is 1. The van der Waals surface area contributed by atoms with Gasteiger partial charge in [0.15, 0.2) is 0 Å². The smallest absolute Gasteiger partial charge is 0.321 e. The molecule has 33 heavy (non-hydrogen) atoms.